The SMILES string of the molecule is Cc1ccc(OC(=S)S)cc1.[H-].[K+]. The monoisotopic (exact) mass is 224 g/mol. The molecule has 1 aromatic carbocycles. The zero-order valence-electron chi connectivity index (χ0n) is 8.07. The molecule has 0 aliphatic heterocycles. The van der Waals surface area contributed by atoms with Gasteiger partial charge in [0.1, 0.15) is 5.75 Å². The molecule has 0 bridgehead atoms. The fourth-order valence-corrected chi connectivity index (χ4v) is 0.909. The number of ether oxygens (including phenoxy) is 1. The van der Waals surface area contributed by atoms with Gasteiger partial charge in [-0.1, -0.05) is 30.3 Å². The minimum atomic E-state index is 0. The average Bonchev–Trinajstić information content (AvgIpc) is 1.93. The maximum Gasteiger partial charge on any atom is 1.00 e. The summed E-state index contributed by atoms with van der Waals surface area (Å²) in [5, 5.41) is 0. The van der Waals surface area contributed by atoms with Gasteiger partial charge in [0.15, 0.2) is 0 Å². The Labute approximate surface area is 127 Å². The molecule has 4 heteroatoms. The molecule has 0 aromatic heterocycles. The van der Waals surface area contributed by atoms with Crippen LogP contribution in [-0.2, 0) is 0 Å². The van der Waals surface area contributed by atoms with Crippen molar-refractivity contribution in [2.45, 2.75) is 6.92 Å². The molecule has 12 heavy (non-hydrogen) atoms. The second kappa shape index (κ2) is 6.54. The zero-order valence-corrected chi connectivity index (χ0v) is 11.9. The van der Waals surface area contributed by atoms with E-state index in [4.69, 9.17) is 4.74 Å². The van der Waals surface area contributed by atoms with Crippen LogP contribution in [0.1, 0.15) is 6.99 Å². The van der Waals surface area contributed by atoms with E-state index in [0.717, 1.165) is 5.75 Å². The third-order valence-corrected chi connectivity index (χ3v) is 1.40. The molecule has 0 saturated carbocycles. The first-order valence-corrected chi connectivity index (χ1v) is 4.01. The molecule has 0 unspecified atom stereocenters. The Morgan fingerprint density at radius 1 is 1.42 bits per heavy atom. The summed E-state index contributed by atoms with van der Waals surface area (Å²) in [6.45, 7) is 2.02. The predicted molar refractivity (Wildman–Crippen MR) is 54.5 cm³/mol. The van der Waals surface area contributed by atoms with Gasteiger partial charge in [0.2, 0.25) is 4.38 Å². The number of hydrogen-bond acceptors (Lipinski definition) is 2. The van der Waals surface area contributed by atoms with Gasteiger partial charge in [-0.05, 0) is 31.3 Å². The molecular formula is C8H9KOS2. The molecule has 0 atom stereocenters. The van der Waals surface area contributed by atoms with Gasteiger partial charge >= 0.3 is 51.4 Å². The molecule has 0 saturated heterocycles. The standard InChI is InChI=1S/C8H8OS2.K.H/c1-6-2-4-7(5-3-6)9-8(10)11;;/h2-5H,1H3,(H,10,11);;/q;+1;-1. The molecule has 1 aromatic rings. The number of thiol groups is 1. The molecule has 0 aliphatic rings. The Morgan fingerprint density at radius 2 is 1.92 bits per heavy atom. The van der Waals surface area contributed by atoms with E-state index in [0.29, 0.717) is 0 Å². The van der Waals surface area contributed by atoms with E-state index >= 15 is 0 Å². The van der Waals surface area contributed by atoms with Gasteiger partial charge in [0.25, 0.3) is 0 Å². The fourth-order valence-electron chi connectivity index (χ4n) is 0.707. The van der Waals surface area contributed by atoms with Crippen molar-refractivity contribution in [1.29, 1.82) is 0 Å². The summed E-state index contributed by atoms with van der Waals surface area (Å²) in [7, 11) is 0. The maximum absolute atomic E-state index is 5.06. The van der Waals surface area contributed by atoms with Crippen LogP contribution in [0.3, 0.4) is 0 Å². The van der Waals surface area contributed by atoms with Crippen LogP contribution in [-0.4, -0.2) is 4.38 Å². The van der Waals surface area contributed by atoms with Crippen molar-refractivity contribution in [3.63, 3.8) is 0 Å². The first kappa shape index (κ1) is 13.1. The summed E-state index contributed by atoms with van der Waals surface area (Å²) in [5.74, 6) is 0.732. The van der Waals surface area contributed by atoms with Crippen LogP contribution in [0.4, 0.5) is 0 Å². The van der Waals surface area contributed by atoms with Crippen molar-refractivity contribution in [3.05, 3.63) is 29.8 Å². The Hall–Kier alpha value is 1.10. The van der Waals surface area contributed by atoms with Crippen molar-refractivity contribution in [1.82, 2.24) is 0 Å². The van der Waals surface area contributed by atoms with Crippen LogP contribution in [0.25, 0.3) is 0 Å². The van der Waals surface area contributed by atoms with E-state index in [1.54, 1.807) is 0 Å². The molecule has 0 spiro atoms. The Bertz CT molecular complexity index is 263. The number of benzene rings is 1. The molecule has 0 amide bonds. The molecule has 1 nitrogen and oxygen atoms in total. The third kappa shape index (κ3) is 4.96. The van der Waals surface area contributed by atoms with E-state index in [9.17, 15) is 0 Å². The topological polar surface area (TPSA) is 9.23 Å². The molecular weight excluding hydrogens is 215 g/mol. The Morgan fingerprint density at radius 3 is 2.33 bits per heavy atom. The summed E-state index contributed by atoms with van der Waals surface area (Å²) < 4.78 is 5.31. The largest absolute Gasteiger partial charge is 1.00 e. The van der Waals surface area contributed by atoms with Crippen molar-refractivity contribution in [3.8, 4) is 5.75 Å². The van der Waals surface area contributed by atoms with Crippen LogP contribution in [0, 0.1) is 6.92 Å². The first-order valence-electron chi connectivity index (χ1n) is 3.16. The number of aryl methyl sites for hydroxylation is 1. The van der Waals surface area contributed by atoms with E-state index in [2.05, 4.69) is 24.8 Å². The number of thiocarbonyl (C=S) groups is 1. The molecule has 0 aliphatic carbocycles. The van der Waals surface area contributed by atoms with Crippen molar-refractivity contribution >= 4 is 29.2 Å². The predicted octanol–water partition coefficient (Wildman–Crippen LogP) is -0.295. The van der Waals surface area contributed by atoms with Gasteiger partial charge in [0.05, 0.1) is 0 Å². The quantitative estimate of drug-likeness (QED) is 0.399. The summed E-state index contributed by atoms with van der Waals surface area (Å²) in [4.78, 5) is 0. The van der Waals surface area contributed by atoms with Crippen LogP contribution < -0.4 is 56.1 Å². The van der Waals surface area contributed by atoms with Gasteiger partial charge in [0, 0.05) is 0 Å². The molecule has 0 N–H and O–H groups in total. The van der Waals surface area contributed by atoms with Crippen LogP contribution in [0.15, 0.2) is 24.3 Å². The Balaban J connectivity index is 0. The molecule has 0 radical (unpaired) electrons. The summed E-state index contributed by atoms with van der Waals surface area (Å²) in [5.41, 5.74) is 1.20. The van der Waals surface area contributed by atoms with Gasteiger partial charge in [-0.15, -0.1) is 0 Å². The average molecular weight is 224 g/mol. The second-order valence-corrected chi connectivity index (χ2v) is 3.26. The minimum absolute atomic E-state index is 0. The summed E-state index contributed by atoms with van der Waals surface area (Å²) >= 11 is 8.50. The first-order chi connectivity index (χ1) is 5.18. The fraction of sp³-hybridized carbons (Fsp3) is 0.125. The van der Waals surface area contributed by atoms with Gasteiger partial charge in [-0.2, -0.15) is 0 Å². The molecule has 1 rings (SSSR count). The normalized spacial score (nSPS) is 8.50. The second-order valence-electron chi connectivity index (χ2n) is 2.18. The van der Waals surface area contributed by atoms with E-state index in [1.807, 2.05) is 31.2 Å². The van der Waals surface area contributed by atoms with Crippen LogP contribution in [0.5, 0.6) is 5.75 Å². The molecule has 0 fully saturated rings. The molecule has 60 valence electrons. The van der Waals surface area contributed by atoms with E-state index < -0.39 is 0 Å². The summed E-state index contributed by atoms with van der Waals surface area (Å²) in [6, 6.07) is 7.64. The Kier molecular flexibility index (Phi) is 7.13. The van der Waals surface area contributed by atoms with Gasteiger partial charge in [-0.3, -0.25) is 0 Å². The van der Waals surface area contributed by atoms with E-state index in [1.165, 1.54) is 5.56 Å². The van der Waals surface area contributed by atoms with Crippen molar-refractivity contribution in [2.75, 3.05) is 0 Å². The van der Waals surface area contributed by atoms with Crippen LogP contribution in [0.2, 0.25) is 0 Å². The zero-order chi connectivity index (χ0) is 8.27. The minimum Gasteiger partial charge on any atom is -1.00 e. The van der Waals surface area contributed by atoms with Gasteiger partial charge < -0.3 is 6.16 Å². The third-order valence-electron chi connectivity index (χ3n) is 1.23. The van der Waals surface area contributed by atoms with Gasteiger partial charge in [-0.25, -0.2) is 0 Å². The smallest absolute Gasteiger partial charge is 1.00 e. The number of rotatable bonds is 1. The van der Waals surface area contributed by atoms with Crippen molar-refractivity contribution < 1.29 is 57.5 Å². The van der Waals surface area contributed by atoms with Crippen molar-refractivity contribution in [2.24, 2.45) is 0 Å². The number of hydrogen-bond donors (Lipinski definition) is 1. The molecule has 0 heterocycles. The van der Waals surface area contributed by atoms with E-state index in [-0.39, 0.29) is 57.2 Å². The van der Waals surface area contributed by atoms with Crippen LogP contribution >= 0.6 is 24.8 Å². The summed E-state index contributed by atoms with van der Waals surface area (Å²) in [6.07, 6.45) is 0. The maximum atomic E-state index is 5.06.